The van der Waals surface area contributed by atoms with Crippen LogP contribution in [0.2, 0.25) is 0 Å². The molecule has 1 amide bonds. The molecule has 0 bridgehead atoms. The molecule has 0 unspecified atom stereocenters. The van der Waals surface area contributed by atoms with Crippen LogP contribution in [0.4, 0.5) is 20.2 Å². The van der Waals surface area contributed by atoms with Crippen molar-refractivity contribution in [1.82, 2.24) is 5.48 Å². The highest BCUT2D eigenvalue weighted by atomic mass is 127. The number of benzene rings is 3. The Morgan fingerprint density at radius 2 is 1.80 bits per heavy atom. The van der Waals surface area contributed by atoms with Crippen LogP contribution in [0.15, 0.2) is 60.7 Å². The molecule has 5 nitrogen and oxygen atoms in total. The van der Waals surface area contributed by atoms with Crippen LogP contribution >= 0.6 is 22.6 Å². The number of ether oxygens (including phenoxy) is 1. The summed E-state index contributed by atoms with van der Waals surface area (Å²) < 4.78 is 34.7. The minimum absolute atomic E-state index is 0.0727. The molecule has 156 valence electrons. The SMILES string of the molecule is Cc1cc(I)ccc1Nc1c(C(=O)NOCCOc2ccccc2)ccc(F)c1F. The molecule has 8 heteroatoms. The fourth-order valence-corrected chi connectivity index (χ4v) is 3.30. The summed E-state index contributed by atoms with van der Waals surface area (Å²) in [5.74, 6) is -2.24. The maximum Gasteiger partial charge on any atom is 0.277 e. The molecule has 0 saturated carbocycles. The van der Waals surface area contributed by atoms with E-state index in [1.807, 2.05) is 37.3 Å². The monoisotopic (exact) mass is 524 g/mol. The number of nitrogens with one attached hydrogen (secondary N) is 2. The quantitative estimate of drug-likeness (QED) is 0.237. The second-order valence-corrected chi connectivity index (χ2v) is 7.55. The zero-order valence-electron chi connectivity index (χ0n) is 16.0. The van der Waals surface area contributed by atoms with E-state index >= 15 is 0 Å². The van der Waals surface area contributed by atoms with Crippen molar-refractivity contribution in [1.29, 1.82) is 0 Å². The molecule has 0 fully saturated rings. The molecule has 0 aliphatic heterocycles. The number of hydrogen-bond acceptors (Lipinski definition) is 4. The summed E-state index contributed by atoms with van der Waals surface area (Å²) in [6.07, 6.45) is 0. The molecular weight excluding hydrogens is 505 g/mol. The summed E-state index contributed by atoms with van der Waals surface area (Å²) in [7, 11) is 0. The van der Waals surface area contributed by atoms with Crippen LogP contribution in [0.5, 0.6) is 5.75 Å². The molecule has 2 N–H and O–H groups in total. The molecule has 0 aromatic heterocycles. The summed E-state index contributed by atoms with van der Waals surface area (Å²) in [5, 5.41) is 2.82. The van der Waals surface area contributed by atoms with Gasteiger partial charge in [-0.15, -0.1) is 0 Å². The average molecular weight is 524 g/mol. The van der Waals surface area contributed by atoms with Crippen molar-refractivity contribution >= 4 is 39.9 Å². The fraction of sp³-hybridized carbons (Fsp3) is 0.136. The number of hydroxylamine groups is 1. The second-order valence-electron chi connectivity index (χ2n) is 6.31. The Hall–Kier alpha value is -2.72. The maximum atomic E-state index is 14.5. The summed E-state index contributed by atoms with van der Waals surface area (Å²) in [5.41, 5.74) is 3.27. The molecule has 0 aliphatic rings. The molecule has 30 heavy (non-hydrogen) atoms. The van der Waals surface area contributed by atoms with E-state index in [4.69, 9.17) is 9.57 Å². The number of carbonyl (C=O) groups excluding carboxylic acids is 1. The molecular formula is C22H19F2IN2O3. The van der Waals surface area contributed by atoms with Gasteiger partial charge in [-0.05, 0) is 77.5 Å². The third-order valence-corrected chi connectivity index (χ3v) is 4.82. The number of hydrogen-bond donors (Lipinski definition) is 2. The number of anilines is 2. The van der Waals surface area contributed by atoms with Crippen LogP contribution in [-0.2, 0) is 4.84 Å². The predicted molar refractivity (Wildman–Crippen MR) is 119 cm³/mol. The van der Waals surface area contributed by atoms with Gasteiger partial charge in [0.05, 0.1) is 11.3 Å². The Morgan fingerprint density at radius 3 is 2.53 bits per heavy atom. The largest absolute Gasteiger partial charge is 0.491 e. The zero-order chi connectivity index (χ0) is 21.5. The van der Waals surface area contributed by atoms with Crippen LogP contribution in [0, 0.1) is 22.1 Å². The predicted octanol–water partition coefficient (Wildman–Crippen LogP) is 5.36. The standard InChI is InChI=1S/C22H19F2IN2O3/c1-14-13-15(25)7-10-19(14)26-21-17(8-9-18(23)20(21)24)22(28)27-30-12-11-29-16-5-3-2-4-6-16/h2-10,13,26H,11-12H2,1H3,(H,27,28). The Balaban J connectivity index is 1.65. The molecule has 0 atom stereocenters. The molecule has 0 aliphatic carbocycles. The van der Waals surface area contributed by atoms with Gasteiger partial charge in [0, 0.05) is 9.26 Å². The van der Waals surface area contributed by atoms with Gasteiger partial charge in [-0.2, -0.15) is 0 Å². The first-order chi connectivity index (χ1) is 14.5. The molecule has 0 saturated heterocycles. The highest BCUT2D eigenvalue weighted by Gasteiger charge is 2.20. The average Bonchev–Trinajstić information content (AvgIpc) is 2.73. The second kappa shape index (κ2) is 10.4. The van der Waals surface area contributed by atoms with E-state index in [1.54, 1.807) is 18.2 Å². The number of halogens is 3. The van der Waals surface area contributed by atoms with Gasteiger partial charge in [-0.25, -0.2) is 14.3 Å². The molecule has 0 heterocycles. The van der Waals surface area contributed by atoms with Crippen molar-refractivity contribution in [3.63, 3.8) is 0 Å². The first kappa shape index (κ1) is 22.0. The fourth-order valence-electron chi connectivity index (χ4n) is 2.65. The van der Waals surface area contributed by atoms with Crippen LogP contribution in [0.1, 0.15) is 15.9 Å². The van der Waals surface area contributed by atoms with Gasteiger partial charge in [0.2, 0.25) is 0 Å². The van der Waals surface area contributed by atoms with Gasteiger partial charge >= 0.3 is 0 Å². The normalized spacial score (nSPS) is 10.5. The Kier molecular flexibility index (Phi) is 7.58. The van der Waals surface area contributed by atoms with Gasteiger partial charge in [0.1, 0.15) is 19.0 Å². The van der Waals surface area contributed by atoms with Crippen LogP contribution in [-0.4, -0.2) is 19.1 Å². The minimum atomic E-state index is -1.15. The smallest absolute Gasteiger partial charge is 0.277 e. The highest BCUT2D eigenvalue weighted by molar-refractivity contribution is 14.1. The summed E-state index contributed by atoms with van der Waals surface area (Å²) in [4.78, 5) is 17.6. The lowest BCUT2D eigenvalue weighted by atomic mass is 10.1. The van der Waals surface area contributed by atoms with Gasteiger partial charge in [-0.1, -0.05) is 18.2 Å². The first-order valence-corrected chi connectivity index (χ1v) is 10.1. The van der Waals surface area contributed by atoms with Gasteiger partial charge < -0.3 is 10.1 Å². The molecule has 3 aromatic carbocycles. The lowest BCUT2D eigenvalue weighted by Crippen LogP contribution is -2.27. The van der Waals surface area contributed by atoms with E-state index in [0.717, 1.165) is 15.2 Å². The summed E-state index contributed by atoms with van der Waals surface area (Å²) >= 11 is 2.16. The van der Waals surface area contributed by atoms with Crippen molar-refractivity contribution in [3.05, 3.63) is 87.0 Å². The third-order valence-electron chi connectivity index (χ3n) is 4.15. The highest BCUT2D eigenvalue weighted by Crippen LogP contribution is 2.28. The first-order valence-electron chi connectivity index (χ1n) is 9.07. The molecule has 0 radical (unpaired) electrons. The molecule has 3 aromatic rings. The number of rotatable bonds is 8. The van der Waals surface area contributed by atoms with Crippen molar-refractivity contribution in [3.8, 4) is 5.75 Å². The van der Waals surface area contributed by atoms with Gasteiger partial charge in [-0.3, -0.25) is 9.63 Å². The van der Waals surface area contributed by atoms with Crippen molar-refractivity contribution in [2.75, 3.05) is 18.5 Å². The Bertz CT molecular complexity index is 1030. The maximum absolute atomic E-state index is 14.5. The minimum Gasteiger partial charge on any atom is -0.491 e. The summed E-state index contributed by atoms with van der Waals surface area (Å²) in [6.45, 7) is 2.11. The lowest BCUT2D eigenvalue weighted by molar-refractivity contribution is 0.0201. The number of para-hydroxylation sites is 1. The van der Waals surface area contributed by atoms with Crippen molar-refractivity contribution in [2.45, 2.75) is 6.92 Å². The molecule has 3 rings (SSSR count). The van der Waals surface area contributed by atoms with E-state index in [9.17, 15) is 13.6 Å². The van der Waals surface area contributed by atoms with Crippen molar-refractivity contribution in [2.24, 2.45) is 0 Å². The van der Waals surface area contributed by atoms with Crippen molar-refractivity contribution < 1.29 is 23.1 Å². The topological polar surface area (TPSA) is 59.6 Å². The van der Waals surface area contributed by atoms with Crippen LogP contribution < -0.4 is 15.5 Å². The Labute approximate surface area is 186 Å². The van der Waals surface area contributed by atoms with E-state index in [-0.39, 0.29) is 24.5 Å². The van der Waals surface area contributed by atoms with E-state index in [1.165, 1.54) is 6.07 Å². The van der Waals surface area contributed by atoms with E-state index in [0.29, 0.717) is 11.4 Å². The van der Waals surface area contributed by atoms with E-state index < -0.39 is 17.5 Å². The molecule has 0 spiro atoms. The number of amides is 1. The van der Waals surface area contributed by atoms with Crippen LogP contribution in [0.25, 0.3) is 0 Å². The van der Waals surface area contributed by atoms with Gasteiger partial charge in [0.25, 0.3) is 5.91 Å². The third kappa shape index (κ3) is 5.67. The Morgan fingerprint density at radius 1 is 1.03 bits per heavy atom. The van der Waals surface area contributed by atoms with Crippen LogP contribution in [0.3, 0.4) is 0 Å². The zero-order valence-corrected chi connectivity index (χ0v) is 18.2. The number of carbonyl (C=O) groups is 1. The summed E-state index contributed by atoms with van der Waals surface area (Å²) in [6, 6.07) is 16.7. The van der Waals surface area contributed by atoms with Gasteiger partial charge in [0.15, 0.2) is 11.6 Å². The van der Waals surface area contributed by atoms with E-state index in [2.05, 4.69) is 33.4 Å². The lowest BCUT2D eigenvalue weighted by Gasteiger charge is -2.15. The number of aryl methyl sites for hydroxylation is 1.